The van der Waals surface area contributed by atoms with E-state index in [1.165, 1.54) is 93.2 Å². The van der Waals surface area contributed by atoms with E-state index in [0.717, 1.165) is 34.9 Å². The van der Waals surface area contributed by atoms with Gasteiger partial charge in [-0.15, -0.1) is 5.11 Å². The predicted molar refractivity (Wildman–Crippen MR) is 171 cm³/mol. The summed E-state index contributed by atoms with van der Waals surface area (Å²) in [6.07, 6.45) is 14.2. The Balaban J connectivity index is 0.00000462. The van der Waals surface area contributed by atoms with Crippen LogP contribution in [0.5, 0.6) is 0 Å². The van der Waals surface area contributed by atoms with Crippen molar-refractivity contribution in [1.29, 1.82) is 0 Å². The van der Waals surface area contributed by atoms with Gasteiger partial charge in [-0.1, -0.05) is 125 Å². The van der Waals surface area contributed by atoms with Gasteiger partial charge in [0.1, 0.15) is 5.69 Å². The third-order valence-corrected chi connectivity index (χ3v) is 8.28. The third kappa shape index (κ3) is 9.86. The first kappa shape index (κ1) is 33.2. The molecule has 4 aromatic rings. The Morgan fingerprint density at radius 2 is 1.24 bits per heavy atom. The Hall–Kier alpha value is -2.35. The molecule has 41 heavy (non-hydrogen) atoms. The first-order valence-electron chi connectivity index (χ1n) is 14.6. The minimum atomic E-state index is -4.25. The number of hydrogen-bond donors (Lipinski definition) is 1. The van der Waals surface area contributed by atoms with Gasteiger partial charge in [0.15, 0.2) is 0 Å². The van der Waals surface area contributed by atoms with Crippen LogP contribution in [0.1, 0.15) is 76.7 Å². The van der Waals surface area contributed by atoms with Gasteiger partial charge >= 0.3 is 0 Å². The summed E-state index contributed by atoms with van der Waals surface area (Å²) in [6, 6.07) is 26.7. The maximum Gasteiger partial charge on any atom is 0.294 e. The van der Waals surface area contributed by atoms with Crippen LogP contribution in [0.15, 0.2) is 100 Å². The maximum atomic E-state index is 11.4. The van der Waals surface area contributed by atoms with E-state index in [0.29, 0.717) is 5.69 Å². The van der Waals surface area contributed by atoms with Crippen LogP contribution in [-0.2, 0) is 16.5 Å². The molecule has 0 saturated carbocycles. The molecular weight excluding hydrogens is 539 g/mol. The first-order valence-corrected chi connectivity index (χ1v) is 16.0. The molecule has 4 aromatic carbocycles. The number of benzene rings is 4. The summed E-state index contributed by atoms with van der Waals surface area (Å²) in [4.78, 5) is -0.168. The van der Waals surface area contributed by atoms with Crippen molar-refractivity contribution < 1.29 is 13.0 Å². The van der Waals surface area contributed by atoms with Crippen molar-refractivity contribution in [3.63, 3.8) is 0 Å². The fraction of sp³-hybridized carbons (Fsp3) is 0.353. The number of unbranched alkanes of at least 4 members (excludes halogenated alkanes) is 9. The number of rotatable bonds is 15. The topological polar surface area (TPSA) is 79.1 Å². The van der Waals surface area contributed by atoms with Gasteiger partial charge in [-0.3, -0.25) is 4.55 Å². The minimum Gasteiger partial charge on any atom is -0.282 e. The Morgan fingerprint density at radius 3 is 1.93 bits per heavy atom. The SMILES string of the molecule is CCCCCCCCCCCCc1ccccc1-c1ccc2ccccc2c1N=Nc1ccc(S(=O)(=O)O)cc1.[Na]. The summed E-state index contributed by atoms with van der Waals surface area (Å²) in [5.74, 6) is 0. The Morgan fingerprint density at radius 1 is 0.634 bits per heavy atom. The van der Waals surface area contributed by atoms with Crippen LogP contribution in [0.2, 0.25) is 0 Å². The van der Waals surface area contributed by atoms with E-state index >= 15 is 0 Å². The van der Waals surface area contributed by atoms with Crippen LogP contribution >= 0.6 is 0 Å². The summed E-state index contributed by atoms with van der Waals surface area (Å²) in [6.45, 7) is 2.26. The van der Waals surface area contributed by atoms with Crippen LogP contribution in [0, 0.1) is 0 Å². The summed E-state index contributed by atoms with van der Waals surface area (Å²) < 4.78 is 32.0. The summed E-state index contributed by atoms with van der Waals surface area (Å²) in [5.41, 5.74) is 4.79. The number of aryl methyl sites for hydroxylation is 1. The summed E-state index contributed by atoms with van der Waals surface area (Å²) >= 11 is 0. The zero-order valence-electron chi connectivity index (χ0n) is 24.4. The van der Waals surface area contributed by atoms with E-state index in [4.69, 9.17) is 0 Å². The number of fused-ring (bicyclic) bond motifs is 1. The van der Waals surface area contributed by atoms with E-state index in [-0.39, 0.29) is 34.5 Å². The molecule has 0 saturated heterocycles. The molecule has 0 atom stereocenters. The molecule has 1 radical (unpaired) electrons. The standard InChI is InChI=1S/C34H40N2O3S.Na/c1-2-3-4-5-6-7-8-9-10-11-16-27-17-12-14-19-31(27)33-26-21-28-18-13-15-20-32(28)34(33)36-35-29-22-24-30(25-23-29)40(37,38)39;/h12-15,17-26H,2-11,16H2,1H3,(H,37,38,39);. The molecule has 0 aliphatic carbocycles. The average Bonchev–Trinajstić information content (AvgIpc) is 2.97. The number of hydrogen-bond acceptors (Lipinski definition) is 4. The smallest absolute Gasteiger partial charge is 0.282 e. The van der Waals surface area contributed by atoms with Crippen molar-refractivity contribution in [2.45, 2.75) is 82.4 Å². The van der Waals surface area contributed by atoms with Crippen molar-refractivity contribution in [2.24, 2.45) is 10.2 Å². The van der Waals surface area contributed by atoms with E-state index in [1.807, 2.05) is 12.1 Å². The molecule has 211 valence electrons. The molecule has 0 heterocycles. The Kier molecular flexibility index (Phi) is 13.7. The van der Waals surface area contributed by atoms with E-state index < -0.39 is 10.1 Å². The molecule has 5 nitrogen and oxygen atoms in total. The first-order chi connectivity index (χ1) is 19.5. The second kappa shape index (κ2) is 16.9. The van der Waals surface area contributed by atoms with Crippen LogP contribution in [-0.4, -0.2) is 42.5 Å². The van der Waals surface area contributed by atoms with E-state index in [9.17, 15) is 13.0 Å². The minimum absolute atomic E-state index is 0. The van der Waals surface area contributed by atoms with Gasteiger partial charge in [-0.05, 0) is 53.6 Å². The van der Waals surface area contributed by atoms with Crippen molar-refractivity contribution in [1.82, 2.24) is 0 Å². The molecule has 0 aromatic heterocycles. The predicted octanol–water partition coefficient (Wildman–Crippen LogP) is 10.3. The average molecular weight is 580 g/mol. The van der Waals surface area contributed by atoms with Gasteiger partial charge in [-0.25, -0.2) is 0 Å². The monoisotopic (exact) mass is 579 g/mol. The molecule has 0 amide bonds. The molecule has 0 aliphatic heterocycles. The number of azo groups is 1. The van der Waals surface area contributed by atoms with Crippen molar-refractivity contribution in [3.05, 3.63) is 90.5 Å². The molecular formula is C34H40N2NaO3S. The molecule has 4 rings (SSSR count). The summed E-state index contributed by atoms with van der Waals surface area (Å²) in [5, 5.41) is 11.2. The van der Waals surface area contributed by atoms with Gasteiger partial charge in [0, 0.05) is 40.5 Å². The van der Waals surface area contributed by atoms with Gasteiger partial charge in [-0.2, -0.15) is 13.5 Å². The summed E-state index contributed by atoms with van der Waals surface area (Å²) in [7, 11) is -4.25. The van der Waals surface area contributed by atoms with Gasteiger partial charge in [0.2, 0.25) is 0 Å². The fourth-order valence-corrected chi connectivity index (χ4v) is 5.66. The molecule has 0 aliphatic rings. The Bertz CT molecular complexity index is 1520. The zero-order chi connectivity index (χ0) is 28.2. The van der Waals surface area contributed by atoms with Crippen LogP contribution in [0.3, 0.4) is 0 Å². The number of nitrogens with zero attached hydrogens (tertiary/aromatic N) is 2. The van der Waals surface area contributed by atoms with E-state index in [1.54, 1.807) is 0 Å². The van der Waals surface area contributed by atoms with Crippen LogP contribution in [0.25, 0.3) is 21.9 Å². The largest absolute Gasteiger partial charge is 0.294 e. The van der Waals surface area contributed by atoms with Gasteiger partial charge in [0.25, 0.3) is 10.1 Å². The molecule has 0 fully saturated rings. The van der Waals surface area contributed by atoms with E-state index in [2.05, 4.69) is 65.7 Å². The second-order valence-corrected chi connectivity index (χ2v) is 11.9. The molecule has 0 spiro atoms. The molecule has 1 N–H and O–H groups in total. The van der Waals surface area contributed by atoms with Crippen LogP contribution in [0.4, 0.5) is 11.4 Å². The van der Waals surface area contributed by atoms with Gasteiger partial charge < -0.3 is 0 Å². The van der Waals surface area contributed by atoms with Crippen molar-refractivity contribution in [3.8, 4) is 11.1 Å². The molecule has 7 heteroatoms. The van der Waals surface area contributed by atoms with Crippen LogP contribution < -0.4 is 0 Å². The fourth-order valence-electron chi connectivity index (χ4n) is 5.18. The van der Waals surface area contributed by atoms with Crippen molar-refractivity contribution in [2.75, 3.05) is 0 Å². The maximum absolute atomic E-state index is 11.4. The zero-order valence-corrected chi connectivity index (χ0v) is 27.2. The molecule has 0 unspecified atom stereocenters. The normalized spacial score (nSPS) is 11.7. The molecule has 0 bridgehead atoms. The second-order valence-electron chi connectivity index (χ2n) is 10.4. The Labute approximate surface area is 267 Å². The quantitative estimate of drug-likeness (QED) is 0.0658. The van der Waals surface area contributed by atoms with Crippen molar-refractivity contribution >= 4 is 61.8 Å². The third-order valence-electron chi connectivity index (χ3n) is 7.41. The van der Waals surface area contributed by atoms with Gasteiger partial charge in [0.05, 0.1) is 10.6 Å².